The van der Waals surface area contributed by atoms with Crippen molar-refractivity contribution < 1.29 is 14.0 Å². The van der Waals surface area contributed by atoms with Gasteiger partial charge in [0.05, 0.1) is 11.2 Å². The zero-order chi connectivity index (χ0) is 15.7. The molecule has 1 aliphatic heterocycles. The summed E-state index contributed by atoms with van der Waals surface area (Å²) >= 11 is 0. The molecule has 6 heteroatoms. The lowest BCUT2D eigenvalue weighted by Gasteiger charge is -2.32. The van der Waals surface area contributed by atoms with Gasteiger partial charge in [0, 0.05) is 18.8 Å². The van der Waals surface area contributed by atoms with Crippen molar-refractivity contribution in [2.24, 2.45) is 0 Å². The van der Waals surface area contributed by atoms with Crippen molar-refractivity contribution in [2.45, 2.75) is 38.9 Å². The second-order valence-corrected chi connectivity index (χ2v) is 6.67. The molecule has 0 N–H and O–H groups in total. The van der Waals surface area contributed by atoms with Gasteiger partial charge in [0.15, 0.2) is 0 Å². The van der Waals surface area contributed by atoms with Gasteiger partial charge >= 0.3 is 7.12 Å². The first-order chi connectivity index (χ1) is 9.71. The standard InChI is InChI=1S/C15H25BN2O3/c1-14(2)15(3,4)21-16(20-14)12-7-8-17-13(11-12)19-10-9-18(5)6/h7-8,11H,9-10H2,1-6H3. The van der Waals surface area contributed by atoms with E-state index in [1.165, 1.54) is 0 Å². The molecule has 0 radical (unpaired) electrons. The highest BCUT2D eigenvalue weighted by molar-refractivity contribution is 6.62. The normalized spacial score (nSPS) is 20.0. The molecule has 1 fully saturated rings. The number of ether oxygens (including phenoxy) is 1. The first-order valence-electron chi connectivity index (χ1n) is 7.30. The Morgan fingerprint density at radius 3 is 2.38 bits per heavy atom. The van der Waals surface area contributed by atoms with E-state index in [0.717, 1.165) is 12.0 Å². The highest BCUT2D eigenvalue weighted by Gasteiger charge is 2.51. The summed E-state index contributed by atoms with van der Waals surface area (Å²) in [5.41, 5.74) is 0.253. The van der Waals surface area contributed by atoms with Crippen molar-refractivity contribution in [2.75, 3.05) is 27.2 Å². The third-order valence-corrected chi connectivity index (χ3v) is 4.07. The minimum Gasteiger partial charge on any atom is -0.476 e. The van der Waals surface area contributed by atoms with E-state index < -0.39 is 0 Å². The maximum Gasteiger partial charge on any atom is 0.495 e. The third-order valence-electron chi connectivity index (χ3n) is 4.07. The molecular weight excluding hydrogens is 267 g/mol. The van der Waals surface area contributed by atoms with Crippen LogP contribution in [0.4, 0.5) is 0 Å². The van der Waals surface area contributed by atoms with Gasteiger partial charge in [-0.3, -0.25) is 0 Å². The minimum atomic E-state index is -0.380. The van der Waals surface area contributed by atoms with Crippen LogP contribution in [0.25, 0.3) is 0 Å². The van der Waals surface area contributed by atoms with Crippen molar-refractivity contribution in [3.8, 4) is 5.88 Å². The van der Waals surface area contributed by atoms with Crippen molar-refractivity contribution in [3.63, 3.8) is 0 Å². The van der Waals surface area contributed by atoms with E-state index in [1.807, 2.05) is 53.9 Å². The van der Waals surface area contributed by atoms with E-state index in [1.54, 1.807) is 6.20 Å². The number of rotatable bonds is 5. The Bertz CT molecular complexity index is 476. The predicted molar refractivity (Wildman–Crippen MR) is 84.0 cm³/mol. The van der Waals surface area contributed by atoms with Crippen molar-refractivity contribution in [1.82, 2.24) is 9.88 Å². The van der Waals surface area contributed by atoms with E-state index in [-0.39, 0.29) is 18.3 Å². The molecule has 0 atom stereocenters. The number of pyridine rings is 1. The van der Waals surface area contributed by atoms with Crippen LogP contribution in [0.1, 0.15) is 27.7 Å². The van der Waals surface area contributed by atoms with E-state index in [9.17, 15) is 0 Å². The quantitative estimate of drug-likeness (QED) is 0.766. The van der Waals surface area contributed by atoms with Crippen LogP contribution in [0, 0.1) is 0 Å². The molecule has 0 spiro atoms. The summed E-state index contributed by atoms with van der Waals surface area (Å²) in [7, 11) is 3.64. The number of nitrogens with zero attached hydrogens (tertiary/aromatic N) is 2. The first-order valence-corrected chi connectivity index (χ1v) is 7.30. The molecule has 1 saturated heterocycles. The highest BCUT2D eigenvalue weighted by Crippen LogP contribution is 2.36. The van der Waals surface area contributed by atoms with Crippen molar-refractivity contribution >= 4 is 12.6 Å². The van der Waals surface area contributed by atoms with Crippen LogP contribution in [0.2, 0.25) is 0 Å². The summed E-state index contributed by atoms with van der Waals surface area (Å²) < 4.78 is 17.7. The molecule has 2 heterocycles. The van der Waals surface area contributed by atoms with Crippen LogP contribution in [-0.2, 0) is 9.31 Å². The van der Waals surface area contributed by atoms with Gasteiger partial charge in [-0.25, -0.2) is 4.98 Å². The zero-order valence-corrected chi connectivity index (χ0v) is 13.8. The summed E-state index contributed by atoms with van der Waals surface area (Å²) in [4.78, 5) is 6.30. The third kappa shape index (κ3) is 3.76. The summed E-state index contributed by atoms with van der Waals surface area (Å²) in [6.07, 6.45) is 1.73. The van der Waals surface area contributed by atoms with Crippen LogP contribution in [-0.4, -0.2) is 55.5 Å². The smallest absolute Gasteiger partial charge is 0.476 e. The molecule has 1 aliphatic rings. The van der Waals surface area contributed by atoms with Gasteiger partial charge in [0.1, 0.15) is 6.61 Å². The highest BCUT2D eigenvalue weighted by atomic mass is 16.7. The fourth-order valence-corrected chi connectivity index (χ4v) is 1.96. The molecule has 0 bridgehead atoms. The Balaban J connectivity index is 2.05. The van der Waals surface area contributed by atoms with Gasteiger partial charge in [-0.15, -0.1) is 0 Å². The average molecular weight is 292 g/mol. The van der Waals surface area contributed by atoms with Gasteiger partial charge in [-0.05, 0) is 53.3 Å². The molecule has 5 nitrogen and oxygen atoms in total. The molecule has 0 aliphatic carbocycles. The lowest BCUT2D eigenvalue weighted by atomic mass is 9.80. The second-order valence-electron chi connectivity index (χ2n) is 6.67. The Kier molecular flexibility index (Phi) is 4.61. The largest absolute Gasteiger partial charge is 0.495 e. The van der Waals surface area contributed by atoms with Gasteiger partial charge in [0.2, 0.25) is 5.88 Å². The first kappa shape index (κ1) is 16.3. The molecule has 0 aromatic carbocycles. The topological polar surface area (TPSA) is 43.8 Å². The minimum absolute atomic E-state index is 0.340. The lowest BCUT2D eigenvalue weighted by Crippen LogP contribution is -2.41. The summed E-state index contributed by atoms with van der Waals surface area (Å²) in [5.74, 6) is 0.601. The molecular formula is C15H25BN2O3. The molecule has 1 aromatic heterocycles. The SMILES string of the molecule is CN(C)CCOc1cc(B2OC(C)(C)C(C)(C)O2)ccn1. The number of likely N-dealkylation sites (N-methyl/N-ethyl adjacent to an activating group) is 1. The molecule has 0 saturated carbocycles. The van der Waals surface area contributed by atoms with Gasteiger partial charge in [0.25, 0.3) is 0 Å². The maximum atomic E-state index is 6.03. The summed E-state index contributed by atoms with van der Waals surface area (Å²) in [5, 5.41) is 0. The van der Waals surface area contributed by atoms with Crippen LogP contribution < -0.4 is 10.2 Å². The monoisotopic (exact) mass is 292 g/mol. The molecule has 0 unspecified atom stereocenters. The second kappa shape index (κ2) is 5.95. The number of hydrogen-bond donors (Lipinski definition) is 0. The summed E-state index contributed by atoms with van der Waals surface area (Å²) in [6, 6.07) is 3.79. The molecule has 116 valence electrons. The van der Waals surface area contributed by atoms with Gasteiger partial charge in [-0.2, -0.15) is 0 Å². The molecule has 1 aromatic rings. The molecule has 2 rings (SSSR count). The Morgan fingerprint density at radius 2 is 1.81 bits per heavy atom. The Labute approximate surface area is 127 Å². The van der Waals surface area contributed by atoms with Crippen LogP contribution in [0.3, 0.4) is 0 Å². The number of aromatic nitrogens is 1. The molecule has 21 heavy (non-hydrogen) atoms. The van der Waals surface area contributed by atoms with E-state index >= 15 is 0 Å². The van der Waals surface area contributed by atoms with E-state index in [0.29, 0.717) is 12.5 Å². The summed E-state index contributed by atoms with van der Waals surface area (Å²) in [6.45, 7) is 9.63. The van der Waals surface area contributed by atoms with Gasteiger partial charge < -0.3 is 18.9 Å². The van der Waals surface area contributed by atoms with Crippen molar-refractivity contribution in [3.05, 3.63) is 18.3 Å². The number of hydrogen-bond acceptors (Lipinski definition) is 5. The van der Waals surface area contributed by atoms with E-state index in [2.05, 4.69) is 9.88 Å². The predicted octanol–water partition coefficient (Wildman–Crippen LogP) is 1.32. The Morgan fingerprint density at radius 1 is 1.19 bits per heavy atom. The maximum absolute atomic E-state index is 6.03. The van der Waals surface area contributed by atoms with Crippen LogP contribution >= 0.6 is 0 Å². The van der Waals surface area contributed by atoms with Crippen molar-refractivity contribution in [1.29, 1.82) is 0 Å². The van der Waals surface area contributed by atoms with Crippen LogP contribution in [0.5, 0.6) is 5.88 Å². The lowest BCUT2D eigenvalue weighted by molar-refractivity contribution is 0.00578. The fraction of sp³-hybridized carbons (Fsp3) is 0.667. The fourth-order valence-electron chi connectivity index (χ4n) is 1.96. The average Bonchev–Trinajstić information content (AvgIpc) is 2.58. The van der Waals surface area contributed by atoms with Crippen LogP contribution in [0.15, 0.2) is 18.3 Å². The molecule has 0 amide bonds. The van der Waals surface area contributed by atoms with Gasteiger partial charge in [-0.1, -0.05) is 0 Å². The zero-order valence-electron chi connectivity index (χ0n) is 13.8. The van der Waals surface area contributed by atoms with E-state index in [4.69, 9.17) is 14.0 Å². The Hall–Kier alpha value is -1.11.